The molecule has 3 aromatic rings. The minimum atomic E-state index is 0.599. The highest BCUT2D eigenvalue weighted by atomic mass is 35.5. The summed E-state index contributed by atoms with van der Waals surface area (Å²) in [6.07, 6.45) is 2.44. The third kappa shape index (κ3) is 1.74. The number of halogens is 1. The van der Waals surface area contributed by atoms with Crippen molar-refractivity contribution in [1.29, 1.82) is 0 Å². The smallest absolute Gasteiger partial charge is 0.127 e. The molecule has 0 N–H and O–H groups in total. The van der Waals surface area contributed by atoms with Gasteiger partial charge in [-0.15, -0.1) is 0 Å². The first-order valence-corrected chi connectivity index (χ1v) is 6.05. The molecule has 0 bridgehead atoms. The van der Waals surface area contributed by atoms with Gasteiger partial charge in [-0.3, -0.25) is 4.98 Å². The van der Waals surface area contributed by atoms with Crippen LogP contribution in [0.5, 0.6) is 0 Å². The number of methoxy groups -OCH3 is 1. The molecule has 0 aliphatic rings. The highest BCUT2D eigenvalue weighted by Crippen LogP contribution is 2.25. The van der Waals surface area contributed by atoms with Crippen molar-refractivity contribution in [2.75, 3.05) is 13.7 Å². The molecule has 1 aromatic carbocycles. The molecule has 0 radical (unpaired) electrons. The van der Waals surface area contributed by atoms with Crippen molar-refractivity contribution in [1.82, 2.24) is 14.1 Å². The molecule has 92 valence electrons. The summed E-state index contributed by atoms with van der Waals surface area (Å²) in [5.41, 5.74) is 2.65. The van der Waals surface area contributed by atoms with E-state index < -0.39 is 0 Å². The van der Waals surface area contributed by atoms with E-state index in [0.29, 0.717) is 13.0 Å². The van der Waals surface area contributed by atoms with Gasteiger partial charge in [-0.05, 0) is 6.07 Å². The zero-order chi connectivity index (χ0) is 12.5. The van der Waals surface area contributed by atoms with Crippen LogP contribution in [0, 0.1) is 0 Å². The maximum absolute atomic E-state index is 6.34. The van der Waals surface area contributed by atoms with Gasteiger partial charge in [0.25, 0.3) is 0 Å². The molecule has 0 atom stereocenters. The second-order valence-corrected chi connectivity index (χ2v) is 4.40. The molecule has 5 heteroatoms. The van der Waals surface area contributed by atoms with Crippen LogP contribution in [-0.4, -0.2) is 27.8 Å². The van der Waals surface area contributed by atoms with Crippen molar-refractivity contribution in [3.05, 3.63) is 36.3 Å². The minimum absolute atomic E-state index is 0.599. The Morgan fingerprint density at radius 2 is 2.11 bits per heavy atom. The number of benzene rings is 1. The number of imidazole rings is 1. The second-order valence-electron chi connectivity index (χ2n) is 4.06. The summed E-state index contributed by atoms with van der Waals surface area (Å²) < 4.78 is 6.67. The van der Waals surface area contributed by atoms with Crippen LogP contribution in [0.2, 0.25) is 0 Å². The van der Waals surface area contributed by atoms with Crippen LogP contribution >= 0.6 is 11.8 Å². The molecular weight excluding hydrogens is 250 g/mol. The third-order valence-corrected chi connectivity index (χ3v) is 3.29. The molecule has 0 amide bonds. The highest BCUT2D eigenvalue weighted by molar-refractivity contribution is 6.22. The maximum Gasteiger partial charge on any atom is 0.127 e. The zero-order valence-electron chi connectivity index (χ0n) is 9.93. The number of nitrogens with zero attached hydrogens (tertiary/aromatic N) is 3. The zero-order valence-corrected chi connectivity index (χ0v) is 10.7. The Labute approximate surface area is 109 Å². The van der Waals surface area contributed by atoms with Crippen LogP contribution in [0.4, 0.5) is 0 Å². The summed E-state index contributed by atoms with van der Waals surface area (Å²) in [7, 11) is 1.66. The molecule has 0 fully saturated rings. The lowest BCUT2D eigenvalue weighted by Gasteiger charge is -2.01. The Morgan fingerprint density at radius 3 is 2.94 bits per heavy atom. The molecule has 4 nitrogen and oxygen atoms in total. The van der Waals surface area contributed by atoms with Gasteiger partial charge in [-0.1, -0.05) is 18.2 Å². The number of aromatic nitrogens is 3. The summed E-state index contributed by atoms with van der Waals surface area (Å²) in [5.74, 6) is 0.798. The van der Waals surface area contributed by atoms with E-state index in [2.05, 4.69) is 9.97 Å². The number of pyridine rings is 1. The maximum atomic E-state index is 6.34. The van der Waals surface area contributed by atoms with Crippen molar-refractivity contribution in [3.8, 4) is 0 Å². The molecule has 2 aromatic heterocycles. The fourth-order valence-corrected chi connectivity index (χ4v) is 2.36. The fraction of sp³-hybridized carbons (Fsp3) is 0.231. The van der Waals surface area contributed by atoms with E-state index in [0.717, 1.165) is 27.8 Å². The molecule has 0 saturated carbocycles. The first-order valence-electron chi connectivity index (χ1n) is 5.71. The van der Waals surface area contributed by atoms with E-state index in [9.17, 15) is 0 Å². The van der Waals surface area contributed by atoms with Gasteiger partial charge in [0, 0.05) is 30.7 Å². The van der Waals surface area contributed by atoms with E-state index in [1.807, 2.05) is 24.3 Å². The number of hydrogen-bond acceptors (Lipinski definition) is 3. The van der Waals surface area contributed by atoms with Crippen LogP contribution in [0.25, 0.3) is 21.9 Å². The Hall–Kier alpha value is -1.65. The number of para-hydroxylation sites is 1. The van der Waals surface area contributed by atoms with E-state index in [-0.39, 0.29) is 0 Å². The van der Waals surface area contributed by atoms with Crippen molar-refractivity contribution in [3.63, 3.8) is 0 Å². The lowest BCUT2D eigenvalue weighted by Crippen LogP contribution is -1.99. The third-order valence-electron chi connectivity index (χ3n) is 2.93. The van der Waals surface area contributed by atoms with Gasteiger partial charge in [0.05, 0.1) is 23.8 Å². The van der Waals surface area contributed by atoms with Crippen LogP contribution in [-0.2, 0) is 11.2 Å². The van der Waals surface area contributed by atoms with Gasteiger partial charge in [0.15, 0.2) is 0 Å². The SMILES string of the molecule is COCCc1nc2cnc3ccccc3c2n1Cl. The van der Waals surface area contributed by atoms with Gasteiger partial charge < -0.3 is 4.74 Å². The standard InChI is InChI=1S/C13H12ClN3O/c1-18-7-6-12-16-11-8-15-10-5-3-2-4-9(10)13(11)17(12)14/h2-5,8H,6-7H2,1H3. The summed E-state index contributed by atoms with van der Waals surface area (Å²) >= 11 is 6.34. The van der Waals surface area contributed by atoms with Gasteiger partial charge in [0.2, 0.25) is 0 Å². The average Bonchev–Trinajstić information content (AvgIpc) is 2.73. The monoisotopic (exact) mass is 261 g/mol. The summed E-state index contributed by atoms with van der Waals surface area (Å²) in [5, 5.41) is 1.01. The predicted molar refractivity (Wildman–Crippen MR) is 71.9 cm³/mol. The molecule has 0 spiro atoms. The lowest BCUT2D eigenvalue weighted by molar-refractivity contribution is 0.200. The summed E-state index contributed by atoms with van der Waals surface area (Å²) in [6, 6.07) is 7.91. The molecule has 0 aliphatic carbocycles. The van der Waals surface area contributed by atoms with E-state index >= 15 is 0 Å². The predicted octanol–water partition coefficient (Wildman–Crippen LogP) is 2.78. The number of rotatable bonds is 3. The van der Waals surface area contributed by atoms with Gasteiger partial charge >= 0.3 is 0 Å². The van der Waals surface area contributed by atoms with Crippen molar-refractivity contribution < 1.29 is 4.74 Å². The summed E-state index contributed by atoms with van der Waals surface area (Å²) in [4.78, 5) is 8.87. The molecule has 0 saturated heterocycles. The number of fused-ring (bicyclic) bond motifs is 3. The minimum Gasteiger partial charge on any atom is -0.384 e. The quantitative estimate of drug-likeness (QED) is 0.728. The van der Waals surface area contributed by atoms with E-state index in [1.54, 1.807) is 17.4 Å². The highest BCUT2D eigenvalue weighted by Gasteiger charge is 2.12. The Bertz CT molecular complexity index is 708. The van der Waals surface area contributed by atoms with Crippen molar-refractivity contribution in [2.45, 2.75) is 6.42 Å². The van der Waals surface area contributed by atoms with Crippen LogP contribution in [0.1, 0.15) is 5.82 Å². The Morgan fingerprint density at radius 1 is 1.28 bits per heavy atom. The van der Waals surface area contributed by atoms with Crippen LogP contribution in [0.15, 0.2) is 30.5 Å². The van der Waals surface area contributed by atoms with Gasteiger partial charge in [-0.2, -0.15) is 0 Å². The topological polar surface area (TPSA) is 39.9 Å². The molecule has 0 aliphatic heterocycles. The summed E-state index contributed by atoms with van der Waals surface area (Å²) in [6.45, 7) is 0.599. The lowest BCUT2D eigenvalue weighted by atomic mass is 10.2. The van der Waals surface area contributed by atoms with Crippen molar-refractivity contribution in [2.24, 2.45) is 0 Å². The average molecular weight is 262 g/mol. The Balaban J connectivity index is 2.26. The first kappa shape index (κ1) is 11.4. The van der Waals surface area contributed by atoms with E-state index in [4.69, 9.17) is 16.5 Å². The number of ether oxygens (including phenoxy) is 1. The fourth-order valence-electron chi connectivity index (χ4n) is 2.06. The van der Waals surface area contributed by atoms with Crippen LogP contribution < -0.4 is 0 Å². The second kappa shape index (κ2) is 4.55. The van der Waals surface area contributed by atoms with Crippen molar-refractivity contribution >= 4 is 33.7 Å². The van der Waals surface area contributed by atoms with Gasteiger partial charge in [0.1, 0.15) is 11.3 Å². The number of hydrogen-bond donors (Lipinski definition) is 0. The molecule has 3 rings (SSSR count). The molecular formula is C13H12ClN3O. The molecule has 0 unspecified atom stereocenters. The Kier molecular flexibility index (Phi) is 2.89. The van der Waals surface area contributed by atoms with Gasteiger partial charge in [-0.25, -0.2) is 9.07 Å². The normalized spacial score (nSPS) is 11.4. The molecule has 2 heterocycles. The largest absolute Gasteiger partial charge is 0.384 e. The first-order chi connectivity index (χ1) is 8.81. The molecule has 18 heavy (non-hydrogen) atoms. The van der Waals surface area contributed by atoms with E-state index in [1.165, 1.54) is 0 Å². The van der Waals surface area contributed by atoms with Crippen LogP contribution in [0.3, 0.4) is 0 Å².